The fourth-order valence-electron chi connectivity index (χ4n) is 2.56. The van der Waals surface area contributed by atoms with Crippen molar-refractivity contribution in [1.82, 2.24) is 10.2 Å². The summed E-state index contributed by atoms with van der Waals surface area (Å²) >= 11 is 0. The largest absolute Gasteiger partial charge is 0.493 e. The van der Waals surface area contributed by atoms with E-state index in [0.29, 0.717) is 30.6 Å². The number of nitrogens with zero attached hydrogens (tertiary/aromatic N) is 1. The summed E-state index contributed by atoms with van der Waals surface area (Å²) in [6.45, 7) is 2.04. The van der Waals surface area contributed by atoms with Crippen LogP contribution in [0.15, 0.2) is 24.3 Å². The van der Waals surface area contributed by atoms with Crippen LogP contribution in [0, 0.1) is 0 Å². The van der Waals surface area contributed by atoms with E-state index in [1.54, 1.807) is 7.11 Å². The van der Waals surface area contributed by atoms with E-state index in [1.807, 2.05) is 36.2 Å². The number of piperidine rings is 1. The first kappa shape index (κ1) is 18.6. The first-order chi connectivity index (χ1) is 10.2. The summed E-state index contributed by atoms with van der Waals surface area (Å²) in [5, 5.41) is 3.26. The zero-order valence-corrected chi connectivity index (χ0v) is 14.0. The topological polar surface area (TPSA) is 50.8 Å². The smallest absolute Gasteiger partial charge is 0.225 e. The summed E-state index contributed by atoms with van der Waals surface area (Å²) in [5.74, 6) is 1.54. The van der Waals surface area contributed by atoms with E-state index in [0.717, 1.165) is 25.9 Å². The lowest BCUT2D eigenvalue weighted by atomic mass is 10.1. The highest BCUT2D eigenvalue weighted by molar-refractivity contribution is 5.85. The Hall–Kier alpha value is -1.46. The van der Waals surface area contributed by atoms with Gasteiger partial charge in [-0.25, -0.2) is 0 Å². The number of hydrogen-bond donors (Lipinski definition) is 1. The standard InChI is InChI=1S/C16H24N2O3.ClH/c1-17-13-7-10-18(11-8-13)16(19)9-12-21-15-6-4-3-5-14(15)20-2;/h3-6,13,17H,7-12H2,1-2H3;1H. The van der Waals surface area contributed by atoms with Crippen molar-refractivity contribution in [3.63, 3.8) is 0 Å². The van der Waals surface area contributed by atoms with Gasteiger partial charge in [0.25, 0.3) is 0 Å². The molecular formula is C16H25ClN2O3. The van der Waals surface area contributed by atoms with Gasteiger partial charge >= 0.3 is 0 Å². The molecule has 0 aromatic heterocycles. The number of benzene rings is 1. The van der Waals surface area contributed by atoms with Crippen LogP contribution in [-0.2, 0) is 4.79 Å². The van der Waals surface area contributed by atoms with Crippen molar-refractivity contribution in [1.29, 1.82) is 0 Å². The predicted octanol–water partition coefficient (Wildman–Crippen LogP) is 2.10. The van der Waals surface area contributed by atoms with E-state index < -0.39 is 0 Å². The molecule has 1 aromatic rings. The molecule has 1 aromatic carbocycles. The normalized spacial score (nSPS) is 15.1. The lowest BCUT2D eigenvalue weighted by molar-refractivity contribution is -0.132. The number of hydrogen-bond acceptors (Lipinski definition) is 4. The number of ether oxygens (including phenoxy) is 2. The molecule has 0 radical (unpaired) electrons. The highest BCUT2D eigenvalue weighted by atomic mass is 35.5. The fraction of sp³-hybridized carbons (Fsp3) is 0.562. The molecule has 5 nitrogen and oxygen atoms in total. The van der Waals surface area contributed by atoms with Gasteiger partial charge in [-0.05, 0) is 32.0 Å². The number of amides is 1. The molecule has 1 amide bonds. The summed E-state index contributed by atoms with van der Waals surface area (Å²) in [6, 6.07) is 8.02. The van der Waals surface area contributed by atoms with Crippen molar-refractivity contribution < 1.29 is 14.3 Å². The van der Waals surface area contributed by atoms with Gasteiger partial charge in [0.2, 0.25) is 5.91 Å². The van der Waals surface area contributed by atoms with E-state index in [4.69, 9.17) is 9.47 Å². The first-order valence-electron chi connectivity index (χ1n) is 7.45. The number of methoxy groups -OCH3 is 1. The minimum absolute atomic E-state index is 0. The molecule has 1 N–H and O–H groups in total. The SMILES string of the molecule is CNC1CCN(C(=O)CCOc2ccccc2OC)CC1.Cl. The van der Waals surface area contributed by atoms with Gasteiger partial charge in [0.15, 0.2) is 11.5 Å². The highest BCUT2D eigenvalue weighted by Crippen LogP contribution is 2.25. The van der Waals surface area contributed by atoms with Crippen LogP contribution in [0.25, 0.3) is 0 Å². The Balaban J connectivity index is 0.00000242. The molecule has 1 aliphatic rings. The van der Waals surface area contributed by atoms with Crippen LogP contribution in [-0.4, -0.2) is 50.7 Å². The molecule has 0 bridgehead atoms. The van der Waals surface area contributed by atoms with Crippen LogP contribution in [0.4, 0.5) is 0 Å². The van der Waals surface area contributed by atoms with Gasteiger partial charge in [0, 0.05) is 19.1 Å². The molecular weight excluding hydrogens is 304 g/mol. The molecule has 1 saturated heterocycles. The van der Waals surface area contributed by atoms with Gasteiger partial charge in [-0.2, -0.15) is 0 Å². The van der Waals surface area contributed by atoms with Crippen LogP contribution < -0.4 is 14.8 Å². The zero-order chi connectivity index (χ0) is 15.1. The number of likely N-dealkylation sites (tertiary alicyclic amines) is 1. The molecule has 6 heteroatoms. The molecule has 22 heavy (non-hydrogen) atoms. The van der Waals surface area contributed by atoms with E-state index in [1.165, 1.54) is 0 Å². The summed E-state index contributed by atoms with van der Waals surface area (Å²) < 4.78 is 10.9. The van der Waals surface area contributed by atoms with Crippen LogP contribution >= 0.6 is 12.4 Å². The third kappa shape index (κ3) is 5.07. The second kappa shape index (κ2) is 9.54. The number of carbonyl (C=O) groups is 1. The molecule has 0 unspecified atom stereocenters. The summed E-state index contributed by atoms with van der Waals surface area (Å²) in [5.41, 5.74) is 0. The molecule has 124 valence electrons. The van der Waals surface area contributed by atoms with Gasteiger partial charge < -0.3 is 19.7 Å². The van der Waals surface area contributed by atoms with Crippen molar-refractivity contribution >= 4 is 18.3 Å². The van der Waals surface area contributed by atoms with Gasteiger partial charge in [0.1, 0.15) is 0 Å². The molecule has 1 aliphatic heterocycles. The van der Waals surface area contributed by atoms with Crippen LogP contribution in [0.1, 0.15) is 19.3 Å². The summed E-state index contributed by atoms with van der Waals surface area (Å²) in [7, 11) is 3.59. The van der Waals surface area contributed by atoms with Crippen LogP contribution in [0.3, 0.4) is 0 Å². The minimum atomic E-state index is 0. The van der Waals surface area contributed by atoms with E-state index in [9.17, 15) is 4.79 Å². The third-order valence-electron chi connectivity index (χ3n) is 3.90. The number of rotatable bonds is 6. The quantitative estimate of drug-likeness (QED) is 0.869. The summed E-state index contributed by atoms with van der Waals surface area (Å²) in [6.07, 6.45) is 2.45. The molecule has 1 heterocycles. The molecule has 0 saturated carbocycles. The lowest BCUT2D eigenvalue weighted by Crippen LogP contribution is -2.44. The molecule has 0 atom stereocenters. The molecule has 2 rings (SSSR count). The number of halogens is 1. The monoisotopic (exact) mass is 328 g/mol. The van der Waals surface area contributed by atoms with Gasteiger partial charge in [-0.15, -0.1) is 12.4 Å². The summed E-state index contributed by atoms with van der Waals surface area (Å²) in [4.78, 5) is 14.1. The zero-order valence-electron chi connectivity index (χ0n) is 13.2. The van der Waals surface area contributed by atoms with Crippen molar-refractivity contribution in [2.24, 2.45) is 0 Å². The maximum atomic E-state index is 12.1. The third-order valence-corrected chi connectivity index (χ3v) is 3.90. The molecule has 0 aliphatic carbocycles. The molecule has 0 spiro atoms. The Kier molecular flexibility index (Phi) is 8.06. The predicted molar refractivity (Wildman–Crippen MR) is 89.0 cm³/mol. The van der Waals surface area contributed by atoms with Gasteiger partial charge in [0.05, 0.1) is 20.1 Å². The van der Waals surface area contributed by atoms with Crippen molar-refractivity contribution in [3.8, 4) is 11.5 Å². The van der Waals surface area contributed by atoms with Crippen LogP contribution in [0.2, 0.25) is 0 Å². The van der Waals surface area contributed by atoms with E-state index >= 15 is 0 Å². The van der Waals surface area contributed by atoms with Crippen molar-refractivity contribution in [3.05, 3.63) is 24.3 Å². The average molecular weight is 329 g/mol. The first-order valence-corrected chi connectivity index (χ1v) is 7.45. The van der Waals surface area contributed by atoms with Gasteiger partial charge in [-0.3, -0.25) is 4.79 Å². The number of para-hydroxylation sites is 2. The Morgan fingerprint density at radius 1 is 1.27 bits per heavy atom. The van der Waals surface area contributed by atoms with E-state index in [-0.39, 0.29) is 18.3 Å². The Morgan fingerprint density at radius 3 is 2.50 bits per heavy atom. The van der Waals surface area contributed by atoms with Crippen molar-refractivity contribution in [2.75, 3.05) is 33.9 Å². The second-order valence-corrected chi connectivity index (χ2v) is 5.19. The highest BCUT2D eigenvalue weighted by Gasteiger charge is 2.21. The second-order valence-electron chi connectivity index (χ2n) is 5.19. The van der Waals surface area contributed by atoms with E-state index in [2.05, 4.69) is 5.32 Å². The maximum Gasteiger partial charge on any atom is 0.225 e. The minimum Gasteiger partial charge on any atom is -0.493 e. The lowest BCUT2D eigenvalue weighted by Gasteiger charge is -2.31. The molecule has 1 fully saturated rings. The maximum absolute atomic E-state index is 12.1. The van der Waals surface area contributed by atoms with Crippen molar-refractivity contribution in [2.45, 2.75) is 25.3 Å². The van der Waals surface area contributed by atoms with Gasteiger partial charge in [-0.1, -0.05) is 12.1 Å². The number of carbonyl (C=O) groups excluding carboxylic acids is 1. The van der Waals surface area contributed by atoms with Crippen LogP contribution in [0.5, 0.6) is 11.5 Å². The number of nitrogens with one attached hydrogen (secondary N) is 1. The average Bonchev–Trinajstić information content (AvgIpc) is 2.55. The Bertz CT molecular complexity index is 462. The Morgan fingerprint density at radius 2 is 1.91 bits per heavy atom. The Labute approximate surface area is 138 Å². The fourth-order valence-corrected chi connectivity index (χ4v) is 2.56.